The number of rotatable bonds is 11. The molecular formula is C19H38O2. The van der Waals surface area contributed by atoms with E-state index in [1.165, 1.54) is 32.1 Å². The Hall–Kier alpha value is -0.0800. The van der Waals surface area contributed by atoms with Crippen LogP contribution < -0.4 is 0 Å². The fourth-order valence-corrected chi connectivity index (χ4v) is 3.91. The minimum absolute atomic E-state index is 0.0802. The van der Waals surface area contributed by atoms with Gasteiger partial charge in [-0.2, -0.15) is 0 Å². The second kappa shape index (κ2) is 10.6. The zero-order valence-electron chi connectivity index (χ0n) is 14.6. The lowest BCUT2D eigenvalue weighted by Crippen LogP contribution is -2.20. The Morgan fingerprint density at radius 1 is 0.952 bits per heavy atom. The van der Waals surface area contributed by atoms with E-state index in [9.17, 15) is 10.2 Å². The summed E-state index contributed by atoms with van der Waals surface area (Å²) in [7, 11) is 0. The molecule has 0 heterocycles. The van der Waals surface area contributed by atoms with E-state index in [4.69, 9.17) is 0 Å². The van der Waals surface area contributed by atoms with E-state index in [-0.39, 0.29) is 12.2 Å². The van der Waals surface area contributed by atoms with Crippen LogP contribution in [0.1, 0.15) is 91.4 Å². The maximum atomic E-state index is 10.2. The smallest absolute Gasteiger partial charge is 0.0571 e. The number of hydrogen-bond donors (Lipinski definition) is 2. The van der Waals surface area contributed by atoms with Gasteiger partial charge in [0, 0.05) is 0 Å². The van der Waals surface area contributed by atoms with E-state index in [1.807, 2.05) is 0 Å². The molecule has 0 amide bonds. The van der Waals surface area contributed by atoms with Gasteiger partial charge < -0.3 is 10.2 Å². The summed E-state index contributed by atoms with van der Waals surface area (Å²) in [6.07, 6.45) is 12.4. The molecular weight excluding hydrogens is 260 g/mol. The lowest BCUT2D eigenvalue weighted by Gasteiger charge is -2.23. The highest BCUT2D eigenvalue weighted by molar-refractivity contribution is 4.85. The molecule has 0 aromatic carbocycles. The van der Waals surface area contributed by atoms with Crippen molar-refractivity contribution in [2.24, 2.45) is 17.8 Å². The van der Waals surface area contributed by atoms with Crippen LogP contribution in [0.15, 0.2) is 0 Å². The Kier molecular flexibility index (Phi) is 9.59. The van der Waals surface area contributed by atoms with Gasteiger partial charge in [-0.25, -0.2) is 0 Å². The molecule has 0 bridgehead atoms. The largest absolute Gasteiger partial charge is 0.393 e. The number of hydrogen-bond acceptors (Lipinski definition) is 2. The Morgan fingerprint density at radius 3 is 2.38 bits per heavy atom. The first-order valence-corrected chi connectivity index (χ1v) is 9.40. The van der Waals surface area contributed by atoms with Crippen LogP contribution in [0.2, 0.25) is 0 Å². The van der Waals surface area contributed by atoms with Crippen LogP contribution in [0.25, 0.3) is 0 Å². The molecule has 0 aliphatic heterocycles. The van der Waals surface area contributed by atoms with E-state index in [0.29, 0.717) is 11.8 Å². The third kappa shape index (κ3) is 7.65. The molecule has 0 aromatic heterocycles. The maximum absolute atomic E-state index is 10.2. The van der Waals surface area contributed by atoms with Gasteiger partial charge in [-0.3, -0.25) is 0 Å². The van der Waals surface area contributed by atoms with Crippen LogP contribution in [-0.4, -0.2) is 22.4 Å². The van der Waals surface area contributed by atoms with Gasteiger partial charge in [0.05, 0.1) is 12.2 Å². The van der Waals surface area contributed by atoms with Gasteiger partial charge >= 0.3 is 0 Å². The Labute approximate surface area is 132 Å². The van der Waals surface area contributed by atoms with Crippen molar-refractivity contribution in [1.29, 1.82) is 0 Å². The standard InChI is InChI=1S/C19H38O2/c1-4-8-17(20)13-11-16-12-14-19(21)18(16)10-7-5-6-9-15(2)3/h15-21H,4-14H2,1-3H3/t16-,17?,18+,19-/m0/s1. The van der Waals surface area contributed by atoms with Gasteiger partial charge in [0.2, 0.25) is 0 Å². The van der Waals surface area contributed by atoms with Crippen LogP contribution in [0.3, 0.4) is 0 Å². The molecule has 4 atom stereocenters. The molecule has 21 heavy (non-hydrogen) atoms. The molecule has 126 valence electrons. The van der Waals surface area contributed by atoms with Crippen molar-refractivity contribution in [1.82, 2.24) is 0 Å². The molecule has 1 aliphatic rings. The minimum atomic E-state index is -0.126. The van der Waals surface area contributed by atoms with Crippen molar-refractivity contribution in [2.75, 3.05) is 0 Å². The minimum Gasteiger partial charge on any atom is -0.393 e. The van der Waals surface area contributed by atoms with Crippen molar-refractivity contribution < 1.29 is 10.2 Å². The highest BCUT2D eigenvalue weighted by Gasteiger charge is 2.34. The molecule has 1 fully saturated rings. The first-order chi connectivity index (χ1) is 10.0. The number of unbranched alkanes of at least 4 members (excludes halogenated alkanes) is 2. The molecule has 1 saturated carbocycles. The monoisotopic (exact) mass is 298 g/mol. The second-order valence-corrected chi connectivity index (χ2v) is 7.62. The lowest BCUT2D eigenvalue weighted by molar-refractivity contribution is 0.0971. The molecule has 1 rings (SSSR count). The van der Waals surface area contributed by atoms with E-state index < -0.39 is 0 Å². The molecule has 2 N–H and O–H groups in total. The van der Waals surface area contributed by atoms with Gasteiger partial charge in [0.15, 0.2) is 0 Å². The second-order valence-electron chi connectivity index (χ2n) is 7.62. The van der Waals surface area contributed by atoms with Crippen LogP contribution in [0, 0.1) is 17.8 Å². The molecule has 2 heteroatoms. The highest BCUT2D eigenvalue weighted by atomic mass is 16.3. The summed E-state index contributed by atoms with van der Waals surface area (Å²) in [4.78, 5) is 0. The van der Waals surface area contributed by atoms with E-state index in [2.05, 4.69) is 20.8 Å². The zero-order chi connectivity index (χ0) is 15.7. The van der Waals surface area contributed by atoms with Crippen molar-refractivity contribution in [2.45, 2.75) is 104 Å². The maximum Gasteiger partial charge on any atom is 0.0571 e. The van der Waals surface area contributed by atoms with Gasteiger partial charge in [-0.05, 0) is 56.3 Å². The number of aliphatic hydroxyl groups is 2. The lowest BCUT2D eigenvalue weighted by atomic mass is 9.85. The van der Waals surface area contributed by atoms with Crippen LogP contribution in [0.5, 0.6) is 0 Å². The summed E-state index contributed by atoms with van der Waals surface area (Å²) in [6.45, 7) is 6.71. The summed E-state index contributed by atoms with van der Waals surface area (Å²) in [5.74, 6) is 1.96. The summed E-state index contributed by atoms with van der Waals surface area (Å²) in [5.41, 5.74) is 0. The van der Waals surface area contributed by atoms with Crippen molar-refractivity contribution in [3.8, 4) is 0 Å². The number of aliphatic hydroxyl groups excluding tert-OH is 2. The SMILES string of the molecule is CCCC(O)CC[C@H]1CC[C@H](O)[C@@H]1CCCCCC(C)C. The van der Waals surface area contributed by atoms with E-state index in [1.54, 1.807) is 0 Å². The molecule has 1 aliphatic carbocycles. The van der Waals surface area contributed by atoms with Crippen molar-refractivity contribution in [3.05, 3.63) is 0 Å². The Bertz CT molecular complexity index is 252. The first kappa shape index (κ1) is 19.0. The van der Waals surface area contributed by atoms with Crippen LogP contribution >= 0.6 is 0 Å². The Balaban J connectivity index is 2.22. The van der Waals surface area contributed by atoms with Gasteiger partial charge in [-0.1, -0.05) is 52.9 Å². The average Bonchev–Trinajstić information content (AvgIpc) is 2.77. The average molecular weight is 299 g/mol. The summed E-state index contributed by atoms with van der Waals surface area (Å²) < 4.78 is 0. The third-order valence-corrected chi connectivity index (χ3v) is 5.24. The molecule has 1 unspecified atom stereocenters. The van der Waals surface area contributed by atoms with Gasteiger partial charge in [0.25, 0.3) is 0 Å². The molecule has 0 aromatic rings. The highest BCUT2D eigenvalue weighted by Crippen LogP contribution is 2.39. The van der Waals surface area contributed by atoms with Crippen molar-refractivity contribution >= 4 is 0 Å². The predicted octanol–water partition coefficient (Wildman–Crippen LogP) is 4.92. The molecule has 0 spiro atoms. The summed E-state index contributed by atoms with van der Waals surface area (Å²) in [6, 6.07) is 0. The molecule has 0 radical (unpaired) electrons. The predicted molar refractivity (Wildman–Crippen MR) is 90.3 cm³/mol. The van der Waals surface area contributed by atoms with Gasteiger partial charge in [0.1, 0.15) is 0 Å². The van der Waals surface area contributed by atoms with E-state index >= 15 is 0 Å². The fraction of sp³-hybridized carbons (Fsp3) is 1.00. The third-order valence-electron chi connectivity index (χ3n) is 5.24. The van der Waals surface area contributed by atoms with E-state index in [0.717, 1.165) is 44.4 Å². The first-order valence-electron chi connectivity index (χ1n) is 9.40. The molecule has 2 nitrogen and oxygen atoms in total. The van der Waals surface area contributed by atoms with Crippen LogP contribution in [-0.2, 0) is 0 Å². The van der Waals surface area contributed by atoms with Crippen LogP contribution in [0.4, 0.5) is 0 Å². The summed E-state index contributed by atoms with van der Waals surface area (Å²) in [5, 5.41) is 20.1. The molecule has 0 saturated heterocycles. The van der Waals surface area contributed by atoms with Crippen molar-refractivity contribution in [3.63, 3.8) is 0 Å². The summed E-state index contributed by atoms with van der Waals surface area (Å²) >= 11 is 0. The van der Waals surface area contributed by atoms with Gasteiger partial charge in [-0.15, -0.1) is 0 Å². The Morgan fingerprint density at radius 2 is 1.71 bits per heavy atom. The normalized spacial score (nSPS) is 27.4. The topological polar surface area (TPSA) is 40.5 Å². The zero-order valence-corrected chi connectivity index (χ0v) is 14.6. The fourth-order valence-electron chi connectivity index (χ4n) is 3.91. The quantitative estimate of drug-likeness (QED) is 0.531.